The van der Waals surface area contributed by atoms with Crippen LogP contribution in [-0.4, -0.2) is 41.1 Å². The molecule has 0 unspecified atom stereocenters. The number of hydrogen-bond acceptors (Lipinski definition) is 4. The van der Waals surface area contributed by atoms with Crippen LogP contribution in [0.1, 0.15) is 31.5 Å². The van der Waals surface area contributed by atoms with Crippen LogP contribution in [0.5, 0.6) is 0 Å². The Bertz CT molecular complexity index is 716. The predicted octanol–water partition coefficient (Wildman–Crippen LogP) is 3.27. The molecular formula is C20H25N3O. The average molecular weight is 323 g/mol. The molecule has 0 aliphatic carbocycles. The Kier molecular flexibility index (Phi) is 4.10. The first-order valence-electron chi connectivity index (χ1n) is 8.88. The molecule has 24 heavy (non-hydrogen) atoms. The smallest absolute Gasteiger partial charge is 0.159 e. The summed E-state index contributed by atoms with van der Waals surface area (Å²) in [4.78, 5) is 12.2. The molecule has 1 saturated heterocycles. The molecule has 3 heterocycles. The van der Waals surface area contributed by atoms with Gasteiger partial charge in [-0.3, -0.25) is 0 Å². The highest BCUT2D eigenvalue weighted by atomic mass is 16.5. The van der Waals surface area contributed by atoms with Gasteiger partial charge in [-0.25, -0.2) is 9.97 Å². The summed E-state index contributed by atoms with van der Waals surface area (Å²) in [5, 5.41) is 0. The molecule has 4 rings (SSSR count). The number of ether oxygens (including phenoxy) is 1. The van der Waals surface area contributed by atoms with E-state index >= 15 is 0 Å². The molecule has 4 heteroatoms. The number of aromatic nitrogens is 2. The third kappa shape index (κ3) is 2.85. The van der Waals surface area contributed by atoms with E-state index in [1.807, 2.05) is 24.4 Å². The quantitative estimate of drug-likeness (QED) is 0.869. The van der Waals surface area contributed by atoms with Gasteiger partial charge in [-0.2, -0.15) is 0 Å². The van der Waals surface area contributed by atoms with Crippen LogP contribution in [0.4, 0.5) is 0 Å². The van der Waals surface area contributed by atoms with E-state index < -0.39 is 0 Å². The van der Waals surface area contributed by atoms with Crippen molar-refractivity contribution in [2.75, 3.05) is 26.2 Å². The van der Waals surface area contributed by atoms with Crippen LogP contribution in [0.25, 0.3) is 11.4 Å². The van der Waals surface area contributed by atoms with Crippen LogP contribution in [0.3, 0.4) is 0 Å². The van der Waals surface area contributed by atoms with Crippen molar-refractivity contribution in [1.82, 2.24) is 14.9 Å². The lowest BCUT2D eigenvalue weighted by atomic mass is 9.80. The maximum Gasteiger partial charge on any atom is 0.159 e. The standard InChI is InChI=1S/C20H25N3O/c1-15(2)11-23-9-8-20(13-23)14-24-12-17-10-21-19(22-18(17)20)16-6-4-3-5-7-16/h3-7,10,15H,8-9,11-14H2,1-2H3/t20-/m0/s1. The van der Waals surface area contributed by atoms with Gasteiger partial charge in [0.15, 0.2) is 5.82 Å². The fraction of sp³-hybridized carbons (Fsp3) is 0.500. The number of likely N-dealkylation sites (tertiary alicyclic amines) is 1. The van der Waals surface area contributed by atoms with Crippen LogP contribution in [0.2, 0.25) is 0 Å². The maximum atomic E-state index is 5.93. The molecule has 1 atom stereocenters. The minimum atomic E-state index is 0.0367. The topological polar surface area (TPSA) is 38.2 Å². The summed E-state index contributed by atoms with van der Waals surface area (Å²) in [5.74, 6) is 1.52. The molecule has 1 aromatic carbocycles. The molecule has 2 aliphatic heterocycles. The molecule has 0 bridgehead atoms. The first-order valence-corrected chi connectivity index (χ1v) is 8.88. The fourth-order valence-corrected chi connectivity index (χ4v) is 4.06. The van der Waals surface area contributed by atoms with Gasteiger partial charge >= 0.3 is 0 Å². The van der Waals surface area contributed by atoms with Crippen molar-refractivity contribution in [3.8, 4) is 11.4 Å². The number of benzene rings is 1. The number of hydrogen-bond donors (Lipinski definition) is 0. The van der Waals surface area contributed by atoms with Gasteiger partial charge in [0.05, 0.1) is 24.3 Å². The lowest BCUT2D eigenvalue weighted by Gasteiger charge is -2.34. The number of fused-ring (bicyclic) bond motifs is 2. The van der Waals surface area contributed by atoms with Gasteiger partial charge in [0.2, 0.25) is 0 Å². The average Bonchev–Trinajstić information content (AvgIpc) is 2.98. The normalized spacial score (nSPS) is 23.8. The van der Waals surface area contributed by atoms with Crippen LogP contribution in [0, 0.1) is 5.92 Å². The van der Waals surface area contributed by atoms with Gasteiger partial charge < -0.3 is 9.64 Å². The molecule has 1 aromatic heterocycles. The SMILES string of the molecule is CC(C)CN1CC[C@@]2(COCc3cnc(-c4ccccc4)nc32)C1. The Morgan fingerprint density at radius 2 is 2.08 bits per heavy atom. The van der Waals surface area contributed by atoms with Gasteiger partial charge in [0.1, 0.15) is 0 Å². The van der Waals surface area contributed by atoms with Crippen molar-refractivity contribution in [1.29, 1.82) is 0 Å². The molecule has 126 valence electrons. The van der Waals surface area contributed by atoms with E-state index in [4.69, 9.17) is 9.72 Å². The molecule has 4 nitrogen and oxygen atoms in total. The van der Waals surface area contributed by atoms with Gasteiger partial charge in [0.25, 0.3) is 0 Å². The van der Waals surface area contributed by atoms with E-state index in [0.29, 0.717) is 12.5 Å². The Hall–Kier alpha value is -1.78. The van der Waals surface area contributed by atoms with Gasteiger partial charge in [-0.15, -0.1) is 0 Å². The monoisotopic (exact) mass is 323 g/mol. The molecule has 2 aromatic rings. The molecule has 0 radical (unpaired) electrons. The summed E-state index contributed by atoms with van der Waals surface area (Å²) in [6, 6.07) is 10.3. The number of nitrogens with zero attached hydrogens (tertiary/aromatic N) is 3. The number of rotatable bonds is 3. The predicted molar refractivity (Wildman–Crippen MR) is 94.7 cm³/mol. The second-order valence-electron chi connectivity index (χ2n) is 7.59. The molecule has 1 fully saturated rings. The van der Waals surface area contributed by atoms with E-state index in [-0.39, 0.29) is 5.41 Å². The van der Waals surface area contributed by atoms with E-state index in [1.54, 1.807) is 0 Å². The summed E-state index contributed by atoms with van der Waals surface area (Å²) in [7, 11) is 0. The van der Waals surface area contributed by atoms with Crippen molar-refractivity contribution < 1.29 is 4.74 Å². The van der Waals surface area contributed by atoms with Gasteiger partial charge in [-0.05, 0) is 18.9 Å². The fourth-order valence-electron chi connectivity index (χ4n) is 4.06. The zero-order valence-corrected chi connectivity index (χ0v) is 14.5. The zero-order chi connectivity index (χ0) is 16.6. The largest absolute Gasteiger partial charge is 0.376 e. The lowest BCUT2D eigenvalue weighted by molar-refractivity contribution is 0.0501. The Morgan fingerprint density at radius 1 is 1.25 bits per heavy atom. The second-order valence-corrected chi connectivity index (χ2v) is 7.59. The van der Waals surface area contributed by atoms with Crippen molar-refractivity contribution >= 4 is 0 Å². The van der Waals surface area contributed by atoms with Crippen molar-refractivity contribution in [2.45, 2.75) is 32.3 Å². The first-order chi connectivity index (χ1) is 11.7. The third-order valence-corrected chi connectivity index (χ3v) is 5.09. The molecular weight excluding hydrogens is 298 g/mol. The van der Waals surface area contributed by atoms with Crippen LogP contribution >= 0.6 is 0 Å². The van der Waals surface area contributed by atoms with Crippen LogP contribution in [0.15, 0.2) is 36.5 Å². The molecule has 2 aliphatic rings. The highest BCUT2D eigenvalue weighted by Gasteiger charge is 2.44. The first kappa shape index (κ1) is 15.7. The minimum Gasteiger partial charge on any atom is -0.376 e. The summed E-state index contributed by atoms with van der Waals surface area (Å²) < 4.78 is 5.93. The minimum absolute atomic E-state index is 0.0367. The summed E-state index contributed by atoms with van der Waals surface area (Å²) in [5.41, 5.74) is 3.50. The maximum absolute atomic E-state index is 5.93. The van der Waals surface area contributed by atoms with Crippen LogP contribution in [-0.2, 0) is 16.8 Å². The molecule has 0 amide bonds. The van der Waals surface area contributed by atoms with E-state index in [1.165, 1.54) is 5.69 Å². The van der Waals surface area contributed by atoms with E-state index in [2.05, 4.69) is 35.9 Å². The summed E-state index contributed by atoms with van der Waals surface area (Å²) >= 11 is 0. The highest BCUT2D eigenvalue weighted by molar-refractivity contribution is 5.55. The third-order valence-electron chi connectivity index (χ3n) is 5.09. The van der Waals surface area contributed by atoms with Crippen LogP contribution < -0.4 is 0 Å². The Balaban J connectivity index is 1.69. The zero-order valence-electron chi connectivity index (χ0n) is 14.5. The summed E-state index contributed by atoms with van der Waals surface area (Å²) in [6.45, 7) is 9.30. The lowest BCUT2D eigenvalue weighted by Crippen LogP contribution is -2.41. The van der Waals surface area contributed by atoms with Crippen molar-refractivity contribution in [3.05, 3.63) is 47.8 Å². The summed E-state index contributed by atoms with van der Waals surface area (Å²) in [6.07, 6.45) is 3.09. The van der Waals surface area contributed by atoms with E-state index in [9.17, 15) is 0 Å². The molecule has 1 spiro atoms. The van der Waals surface area contributed by atoms with E-state index in [0.717, 1.165) is 49.6 Å². The molecule has 0 N–H and O–H groups in total. The van der Waals surface area contributed by atoms with Crippen molar-refractivity contribution in [2.24, 2.45) is 5.92 Å². The Morgan fingerprint density at radius 3 is 2.88 bits per heavy atom. The second kappa shape index (κ2) is 6.26. The highest BCUT2D eigenvalue weighted by Crippen LogP contribution is 2.39. The molecule has 0 saturated carbocycles. The van der Waals surface area contributed by atoms with Gasteiger partial charge in [0, 0.05) is 30.4 Å². The Labute approximate surface area is 143 Å². The van der Waals surface area contributed by atoms with Gasteiger partial charge in [-0.1, -0.05) is 44.2 Å². The van der Waals surface area contributed by atoms with Crippen molar-refractivity contribution in [3.63, 3.8) is 0 Å².